The van der Waals surface area contributed by atoms with E-state index >= 15 is 0 Å². The van der Waals surface area contributed by atoms with Crippen LogP contribution in [0.15, 0.2) is 67.0 Å². The van der Waals surface area contributed by atoms with Crippen molar-refractivity contribution in [2.45, 2.75) is 6.42 Å². The average molecular weight is 363 g/mol. The zero-order chi connectivity index (χ0) is 18.9. The van der Waals surface area contributed by atoms with Crippen LogP contribution in [0.4, 0.5) is 0 Å². The van der Waals surface area contributed by atoms with E-state index in [-0.39, 0.29) is 11.9 Å². The van der Waals surface area contributed by atoms with Crippen LogP contribution in [-0.4, -0.2) is 36.1 Å². The molecule has 3 rings (SSSR count). The highest BCUT2D eigenvalue weighted by atomic mass is 16.5. The molecule has 2 aromatic carbocycles. The van der Waals surface area contributed by atoms with Gasteiger partial charge < -0.3 is 14.8 Å². The number of carbonyl (C=O) groups excluding carboxylic acids is 1. The van der Waals surface area contributed by atoms with E-state index in [2.05, 4.69) is 15.3 Å². The van der Waals surface area contributed by atoms with E-state index in [9.17, 15) is 4.79 Å². The number of benzene rings is 2. The molecular weight excluding hydrogens is 342 g/mol. The second kappa shape index (κ2) is 9.45. The molecule has 0 bridgehead atoms. The number of amides is 1. The first kappa shape index (κ1) is 18.5. The molecule has 27 heavy (non-hydrogen) atoms. The molecule has 0 atom stereocenters. The first-order valence-corrected chi connectivity index (χ1v) is 8.69. The molecule has 3 aromatic rings. The lowest BCUT2D eigenvalue weighted by Crippen LogP contribution is -2.25. The Morgan fingerprint density at radius 1 is 1.00 bits per heavy atom. The first-order chi connectivity index (χ1) is 13.3. The Bertz CT molecular complexity index is 867. The normalized spacial score (nSPS) is 10.4. The van der Waals surface area contributed by atoms with Crippen molar-refractivity contribution in [3.05, 3.63) is 72.6 Å². The smallest absolute Gasteiger partial charge is 0.321 e. The van der Waals surface area contributed by atoms with E-state index < -0.39 is 0 Å². The van der Waals surface area contributed by atoms with Gasteiger partial charge in [0.25, 0.3) is 5.91 Å². The summed E-state index contributed by atoms with van der Waals surface area (Å²) in [5, 5.41) is 2.88. The van der Waals surface area contributed by atoms with Crippen molar-refractivity contribution in [1.82, 2.24) is 15.3 Å². The number of nitrogens with zero attached hydrogens (tertiary/aromatic N) is 2. The van der Waals surface area contributed by atoms with Gasteiger partial charge in [-0.05, 0) is 36.2 Å². The molecule has 0 aliphatic carbocycles. The lowest BCUT2D eigenvalue weighted by molar-refractivity contribution is 0.0948. The summed E-state index contributed by atoms with van der Waals surface area (Å²) in [6, 6.07) is 17.0. The van der Waals surface area contributed by atoms with Gasteiger partial charge in [0, 0.05) is 43.8 Å². The molecule has 0 unspecified atom stereocenters. The van der Waals surface area contributed by atoms with Crippen molar-refractivity contribution >= 4 is 5.91 Å². The van der Waals surface area contributed by atoms with Crippen molar-refractivity contribution < 1.29 is 14.3 Å². The third kappa shape index (κ3) is 5.36. The summed E-state index contributed by atoms with van der Waals surface area (Å²) in [6.45, 7) is 1.20. The Morgan fingerprint density at radius 2 is 1.78 bits per heavy atom. The Morgan fingerprint density at radius 3 is 2.52 bits per heavy atom. The summed E-state index contributed by atoms with van der Waals surface area (Å²) in [5.74, 6) is 0.565. The highest BCUT2D eigenvalue weighted by molar-refractivity contribution is 5.95. The topological polar surface area (TPSA) is 73.3 Å². The second-order valence-corrected chi connectivity index (χ2v) is 5.85. The van der Waals surface area contributed by atoms with Gasteiger partial charge in [0.2, 0.25) is 0 Å². The number of rotatable bonds is 8. The Hall–Kier alpha value is -3.25. The fourth-order valence-electron chi connectivity index (χ4n) is 2.47. The molecule has 0 aliphatic heterocycles. The van der Waals surface area contributed by atoms with Gasteiger partial charge >= 0.3 is 6.01 Å². The fourth-order valence-corrected chi connectivity index (χ4v) is 2.47. The number of aromatic nitrogens is 2. The maximum Gasteiger partial charge on any atom is 0.321 e. The van der Waals surface area contributed by atoms with Crippen LogP contribution in [-0.2, 0) is 4.74 Å². The van der Waals surface area contributed by atoms with Crippen molar-refractivity contribution in [1.29, 1.82) is 0 Å². The molecule has 1 N–H and O–H groups in total. The summed E-state index contributed by atoms with van der Waals surface area (Å²) in [5.41, 5.74) is 2.27. The molecule has 1 aromatic heterocycles. The van der Waals surface area contributed by atoms with Gasteiger partial charge in [-0.2, -0.15) is 0 Å². The number of ether oxygens (including phenoxy) is 2. The molecule has 1 amide bonds. The maximum atomic E-state index is 12.2. The quantitative estimate of drug-likeness (QED) is 0.618. The zero-order valence-corrected chi connectivity index (χ0v) is 15.1. The summed E-state index contributed by atoms with van der Waals surface area (Å²) in [6.07, 6.45) is 4.14. The summed E-state index contributed by atoms with van der Waals surface area (Å²) >= 11 is 0. The first-order valence-electron chi connectivity index (χ1n) is 8.69. The molecule has 0 saturated heterocycles. The van der Waals surface area contributed by atoms with Crippen molar-refractivity contribution in [3.8, 4) is 22.9 Å². The largest absolute Gasteiger partial charge is 0.424 e. The third-order valence-corrected chi connectivity index (χ3v) is 3.85. The van der Waals surface area contributed by atoms with Gasteiger partial charge in [-0.15, -0.1) is 0 Å². The van der Waals surface area contributed by atoms with Crippen molar-refractivity contribution in [2.75, 3.05) is 20.3 Å². The maximum absolute atomic E-state index is 12.2. The van der Waals surface area contributed by atoms with E-state index in [0.29, 0.717) is 24.5 Å². The molecule has 1 heterocycles. The van der Waals surface area contributed by atoms with E-state index in [1.54, 1.807) is 25.6 Å². The van der Waals surface area contributed by atoms with Gasteiger partial charge in [-0.25, -0.2) is 9.97 Å². The number of nitrogens with one attached hydrogen (secondary N) is 1. The molecule has 0 radical (unpaired) electrons. The van der Waals surface area contributed by atoms with Gasteiger partial charge in [0.15, 0.2) is 0 Å². The third-order valence-electron chi connectivity index (χ3n) is 3.85. The summed E-state index contributed by atoms with van der Waals surface area (Å²) < 4.78 is 10.6. The monoisotopic (exact) mass is 363 g/mol. The van der Waals surface area contributed by atoms with E-state index in [0.717, 1.165) is 17.5 Å². The van der Waals surface area contributed by atoms with Gasteiger partial charge in [0.05, 0.1) is 0 Å². The minimum Gasteiger partial charge on any atom is -0.424 e. The Labute approximate surface area is 158 Å². The number of methoxy groups -OCH3 is 1. The van der Waals surface area contributed by atoms with Crippen LogP contribution in [0.2, 0.25) is 0 Å². The molecule has 0 fully saturated rings. The zero-order valence-electron chi connectivity index (χ0n) is 15.1. The molecule has 6 nitrogen and oxygen atoms in total. The lowest BCUT2D eigenvalue weighted by Gasteiger charge is -2.08. The van der Waals surface area contributed by atoms with E-state index in [1.807, 2.05) is 48.5 Å². The van der Waals surface area contributed by atoms with Gasteiger partial charge in [0.1, 0.15) is 5.75 Å². The predicted molar refractivity (Wildman–Crippen MR) is 103 cm³/mol. The van der Waals surface area contributed by atoms with E-state index in [1.165, 1.54) is 0 Å². The number of carbonyl (C=O) groups is 1. The molecule has 138 valence electrons. The predicted octanol–water partition coefficient (Wildman–Crippen LogP) is 3.70. The van der Waals surface area contributed by atoms with Crippen LogP contribution in [0, 0.1) is 0 Å². The van der Waals surface area contributed by atoms with Crippen LogP contribution < -0.4 is 10.1 Å². The number of hydrogen-bond acceptors (Lipinski definition) is 5. The molecule has 0 saturated carbocycles. The highest BCUT2D eigenvalue weighted by Gasteiger charge is 2.08. The minimum atomic E-state index is -0.113. The SMILES string of the molecule is COCCCNC(=O)c1cccc(-c2cnc(Oc3ccccc3)nc2)c1. The van der Waals surface area contributed by atoms with E-state index in [4.69, 9.17) is 9.47 Å². The van der Waals surface area contributed by atoms with Crippen LogP contribution in [0.1, 0.15) is 16.8 Å². The summed E-state index contributed by atoms with van der Waals surface area (Å²) in [4.78, 5) is 20.7. The average Bonchev–Trinajstić information content (AvgIpc) is 2.72. The Balaban J connectivity index is 1.66. The highest BCUT2D eigenvalue weighted by Crippen LogP contribution is 2.22. The van der Waals surface area contributed by atoms with Gasteiger partial charge in [-0.3, -0.25) is 4.79 Å². The van der Waals surface area contributed by atoms with Crippen LogP contribution >= 0.6 is 0 Å². The molecular formula is C21H21N3O3. The Kier molecular flexibility index (Phi) is 6.49. The number of para-hydroxylation sites is 1. The number of hydrogen-bond donors (Lipinski definition) is 1. The standard InChI is InChI=1S/C21H21N3O3/c1-26-12-6-11-22-20(25)17-8-5-7-16(13-17)18-14-23-21(24-15-18)27-19-9-3-2-4-10-19/h2-5,7-10,13-15H,6,11-12H2,1H3,(H,22,25). The lowest BCUT2D eigenvalue weighted by atomic mass is 10.1. The molecule has 0 aliphatic rings. The van der Waals surface area contributed by atoms with Crippen molar-refractivity contribution in [2.24, 2.45) is 0 Å². The fraction of sp³-hybridized carbons (Fsp3) is 0.190. The molecule has 0 spiro atoms. The molecule has 6 heteroatoms. The van der Waals surface area contributed by atoms with Crippen LogP contribution in [0.5, 0.6) is 11.8 Å². The van der Waals surface area contributed by atoms with Gasteiger partial charge in [-0.1, -0.05) is 30.3 Å². The second-order valence-electron chi connectivity index (χ2n) is 5.85. The van der Waals surface area contributed by atoms with Crippen molar-refractivity contribution in [3.63, 3.8) is 0 Å². The summed E-state index contributed by atoms with van der Waals surface area (Å²) in [7, 11) is 1.64. The van der Waals surface area contributed by atoms with Crippen LogP contribution in [0.25, 0.3) is 11.1 Å². The minimum absolute atomic E-state index is 0.113. The van der Waals surface area contributed by atoms with Crippen LogP contribution in [0.3, 0.4) is 0 Å².